The van der Waals surface area contributed by atoms with Crippen molar-refractivity contribution in [2.75, 3.05) is 36.9 Å². The summed E-state index contributed by atoms with van der Waals surface area (Å²) in [6.07, 6.45) is 2.02. The van der Waals surface area contributed by atoms with Gasteiger partial charge in [-0.1, -0.05) is 24.3 Å². The molecule has 2 N–H and O–H groups in total. The summed E-state index contributed by atoms with van der Waals surface area (Å²) in [5.41, 5.74) is 12.1. The Morgan fingerprint density at radius 3 is 2.69 bits per heavy atom. The fraction of sp³-hybridized carbons (Fsp3) is 0.333. The minimum absolute atomic E-state index is 0.199. The number of aryl methyl sites for hydroxylation is 1. The van der Waals surface area contributed by atoms with E-state index in [0.717, 1.165) is 64.8 Å². The number of fused-ring (bicyclic) bond motifs is 1. The van der Waals surface area contributed by atoms with Crippen molar-refractivity contribution < 1.29 is 9.53 Å². The first-order chi connectivity index (χ1) is 14.1. The van der Waals surface area contributed by atoms with Crippen LogP contribution in [0.2, 0.25) is 0 Å². The minimum Gasteiger partial charge on any atom is -0.382 e. The van der Waals surface area contributed by atoms with Gasteiger partial charge in [-0.3, -0.25) is 4.79 Å². The number of nitrogens with zero attached hydrogens (tertiary/aromatic N) is 2. The number of pyridine rings is 1. The van der Waals surface area contributed by atoms with Gasteiger partial charge < -0.3 is 15.4 Å². The van der Waals surface area contributed by atoms with Gasteiger partial charge >= 0.3 is 0 Å². The highest BCUT2D eigenvalue weighted by atomic mass is 16.5. The van der Waals surface area contributed by atoms with Gasteiger partial charge in [0.25, 0.3) is 0 Å². The average Bonchev–Trinajstić information content (AvgIpc) is 3.58. The average molecular weight is 387 g/mol. The van der Waals surface area contributed by atoms with Crippen LogP contribution in [-0.4, -0.2) is 37.1 Å². The van der Waals surface area contributed by atoms with Crippen LogP contribution in [-0.2, 0) is 4.74 Å². The highest BCUT2D eigenvalue weighted by Crippen LogP contribution is 2.38. The number of benzene rings is 2. The first-order valence-corrected chi connectivity index (χ1v) is 10.3. The van der Waals surface area contributed by atoms with E-state index in [1.807, 2.05) is 18.2 Å². The molecule has 5 nitrogen and oxygen atoms in total. The molecule has 0 spiro atoms. The molecule has 148 valence electrons. The third-order valence-corrected chi connectivity index (χ3v) is 5.95. The van der Waals surface area contributed by atoms with E-state index >= 15 is 0 Å². The summed E-state index contributed by atoms with van der Waals surface area (Å²) in [5.74, 6) is 1.02. The van der Waals surface area contributed by atoms with Crippen molar-refractivity contribution in [3.63, 3.8) is 0 Å². The van der Waals surface area contributed by atoms with E-state index in [-0.39, 0.29) is 11.7 Å². The number of carbonyl (C=O) groups is 1. The number of hydrogen-bond donors (Lipinski definition) is 1. The molecule has 1 aliphatic heterocycles. The van der Waals surface area contributed by atoms with Gasteiger partial charge in [0.1, 0.15) is 5.82 Å². The predicted octanol–water partition coefficient (Wildman–Crippen LogP) is 4.22. The Bertz CT molecular complexity index is 1100. The molecule has 1 aliphatic carbocycles. The summed E-state index contributed by atoms with van der Waals surface area (Å²) in [7, 11) is 0. The maximum absolute atomic E-state index is 12.9. The molecule has 2 aromatic carbocycles. The topological polar surface area (TPSA) is 68.5 Å². The van der Waals surface area contributed by atoms with Gasteiger partial charge in [-0.15, -0.1) is 0 Å². The summed E-state index contributed by atoms with van der Waals surface area (Å²) >= 11 is 0. The molecule has 5 rings (SSSR count). The number of Topliss-reactive ketones (excluding diaryl/α,β-unsaturated/α-hetero) is 1. The maximum Gasteiger partial charge on any atom is 0.166 e. The third kappa shape index (κ3) is 3.36. The van der Waals surface area contributed by atoms with Crippen molar-refractivity contribution >= 4 is 28.2 Å². The van der Waals surface area contributed by atoms with Crippen molar-refractivity contribution in [3.8, 4) is 11.1 Å². The molecule has 5 heteroatoms. The summed E-state index contributed by atoms with van der Waals surface area (Å²) < 4.78 is 5.46. The van der Waals surface area contributed by atoms with Gasteiger partial charge in [-0.2, -0.15) is 0 Å². The van der Waals surface area contributed by atoms with E-state index in [4.69, 9.17) is 10.5 Å². The highest BCUT2D eigenvalue weighted by Gasteiger charge is 2.32. The molecule has 1 saturated carbocycles. The van der Waals surface area contributed by atoms with Crippen LogP contribution in [0.1, 0.15) is 28.8 Å². The van der Waals surface area contributed by atoms with Crippen molar-refractivity contribution in [2.24, 2.45) is 5.92 Å². The molecule has 0 unspecified atom stereocenters. The zero-order valence-electron chi connectivity index (χ0n) is 16.6. The Kier molecular flexibility index (Phi) is 4.47. The largest absolute Gasteiger partial charge is 0.382 e. The molecule has 1 aromatic heterocycles. The Morgan fingerprint density at radius 2 is 1.93 bits per heavy atom. The fourth-order valence-electron chi connectivity index (χ4n) is 4.21. The number of anilines is 2. The van der Waals surface area contributed by atoms with Crippen molar-refractivity contribution in [2.45, 2.75) is 19.8 Å². The van der Waals surface area contributed by atoms with E-state index in [0.29, 0.717) is 19.0 Å². The highest BCUT2D eigenvalue weighted by molar-refractivity contribution is 6.06. The van der Waals surface area contributed by atoms with Crippen molar-refractivity contribution in [1.29, 1.82) is 0 Å². The number of hydrogen-bond acceptors (Lipinski definition) is 5. The predicted molar refractivity (Wildman–Crippen MR) is 116 cm³/mol. The lowest BCUT2D eigenvalue weighted by Gasteiger charge is -2.29. The third-order valence-electron chi connectivity index (χ3n) is 5.95. The molecule has 0 amide bonds. The van der Waals surface area contributed by atoms with Crippen LogP contribution in [0, 0.1) is 12.8 Å². The molecule has 29 heavy (non-hydrogen) atoms. The van der Waals surface area contributed by atoms with Gasteiger partial charge in [-0.05, 0) is 54.7 Å². The van der Waals surface area contributed by atoms with E-state index < -0.39 is 0 Å². The maximum atomic E-state index is 12.9. The summed E-state index contributed by atoms with van der Waals surface area (Å²) in [4.78, 5) is 19.7. The monoisotopic (exact) mass is 387 g/mol. The van der Waals surface area contributed by atoms with Crippen LogP contribution in [0.3, 0.4) is 0 Å². The Labute approximate surface area is 170 Å². The number of ether oxygens (including phenoxy) is 1. The second kappa shape index (κ2) is 7.16. The van der Waals surface area contributed by atoms with Crippen LogP contribution in [0.15, 0.2) is 42.5 Å². The SMILES string of the molecule is Cc1cccc(C(=O)C2CC2)c1-c1ccc2nc(N)c(N3CCOCC3)cc2c1. The number of rotatable bonds is 4. The van der Waals surface area contributed by atoms with Crippen LogP contribution in [0.4, 0.5) is 11.5 Å². The normalized spacial score (nSPS) is 16.9. The lowest BCUT2D eigenvalue weighted by molar-refractivity contribution is 0.0968. The molecule has 1 saturated heterocycles. The summed E-state index contributed by atoms with van der Waals surface area (Å²) in [6.45, 7) is 5.11. The van der Waals surface area contributed by atoms with Gasteiger partial charge in [-0.25, -0.2) is 4.98 Å². The Hall–Kier alpha value is -2.92. The quantitative estimate of drug-likeness (QED) is 0.679. The second-order valence-corrected chi connectivity index (χ2v) is 8.04. The zero-order valence-corrected chi connectivity index (χ0v) is 16.6. The van der Waals surface area contributed by atoms with E-state index in [1.165, 1.54) is 0 Å². The standard InChI is InChI=1S/C24H25N3O2/c1-15-3-2-4-19(23(28)16-5-6-16)22(15)17-7-8-20-18(13-17)14-21(24(25)26-20)27-9-11-29-12-10-27/h2-4,7-8,13-14,16H,5-6,9-12H2,1H3,(H2,25,26). The lowest BCUT2D eigenvalue weighted by Crippen LogP contribution is -2.36. The van der Waals surface area contributed by atoms with Crippen molar-refractivity contribution in [1.82, 2.24) is 4.98 Å². The molecular weight excluding hydrogens is 362 g/mol. The van der Waals surface area contributed by atoms with E-state index in [9.17, 15) is 4.79 Å². The zero-order chi connectivity index (χ0) is 20.0. The molecule has 2 fully saturated rings. The van der Waals surface area contributed by atoms with Gasteiger partial charge in [0.15, 0.2) is 5.78 Å². The Balaban J connectivity index is 1.61. The minimum atomic E-state index is 0.199. The summed E-state index contributed by atoms with van der Waals surface area (Å²) in [5, 5.41) is 1.03. The fourth-order valence-corrected chi connectivity index (χ4v) is 4.21. The van der Waals surface area contributed by atoms with Gasteiger partial charge in [0.05, 0.1) is 24.4 Å². The second-order valence-electron chi connectivity index (χ2n) is 8.04. The number of morpholine rings is 1. The van der Waals surface area contributed by atoms with E-state index in [2.05, 4.69) is 41.1 Å². The van der Waals surface area contributed by atoms with E-state index in [1.54, 1.807) is 0 Å². The van der Waals surface area contributed by atoms with Crippen LogP contribution in [0.25, 0.3) is 22.0 Å². The molecule has 0 bridgehead atoms. The molecule has 0 radical (unpaired) electrons. The number of carbonyl (C=O) groups excluding carboxylic acids is 1. The van der Waals surface area contributed by atoms with Gasteiger partial charge in [0, 0.05) is 30.0 Å². The number of nitrogens with two attached hydrogens (primary N) is 1. The smallest absolute Gasteiger partial charge is 0.166 e. The summed E-state index contributed by atoms with van der Waals surface area (Å²) in [6, 6.07) is 14.3. The van der Waals surface area contributed by atoms with Crippen LogP contribution >= 0.6 is 0 Å². The number of ketones is 1. The van der Waals surface area contributed by atoms with Crippen LogP contribution < -0.4 is 10.6 Å². The number of aromatic nitrogens is 1. The Morgan fingerprint density at radius 1 is 1.14 bits per heavy atom. The first-order valence-electron chi connectivity index (χ1n) is 10.3. The number of nitrogen functional groups attached to an aromatic ring is 1. The molecule has 0 atom stereocenters. The molecule has 3 aromatic rings. The first kappa shape index (κ1) is 18.1. The van der Waals surface area contributed by atoms with Gasteiger partial charge in [0.2, 0.25) is 0 Å². The van der Waals surface area contributed by atoms with Crippen LogP contribution in [0.5, 0.6) is 0 Å². The molecule has 2 heterocycles. The van der Waals surface area contributed by atoms with Crippen molar-refractivity contribution in [3.05, 3.63) is 53.6 Å². The lowest BCUT2D eigenvalue weighted by atomic mass is 9.91. The molecule has 2 aliphatic rings. The molecular formula is C24H25N3O2.